The monoisotopic (exact) mass is 782 g/mol. The van der Waals surface area contributed by atoms with Gasteiger partial charge in [0.2, 0.25) is 21.7 Å². The van der Waals surface area contributed by atoms with E-state index >= 15 is 0 Å². The Kier molecular flexibility index (Phi) is 12.8. The number of likely N-dealkylation sites (tertiary alicyclic amines) is 1. The van der Waals surface area contributed by atoms with Gasteiger partial charge >= 0.3 is 0 Å². The first kappa shape index (κ1) is 40.7. The highest BCUT2D eigenvalue weighted by molar-refractivity contribution is 7.99. The van der Waals surface area contributed by atoms with Gasteiger partial charge < -0.3 is 21.1 Å². The number of nitrogens with one attached hydrogen (secondary N) is 2. The van der Waals surface area contributed by atoms with Crippen molar-refractivity contribution in [2.45, 2.75) is 99.8 Å². The molecule has 1 saturated carbocycles. The van der Waals surface area contributed by atoms with Crippen LogP contribution in [-0.2, 0) is 34.8 Å². The Morgan fingerprint density at radius 2 is 1.78 bits per heavy atom. The van der Waals surface area contributed by atoms with Crippen molar-refractivity contribution in [3.63, 3.8) is 0 Å². The van der Waals surface area contributed by atoms with Crippen LogP contribution in [0.3, 0.4) is 0 Å². The molecule has 2 atom stereocenters. The van der Waals surface area contributed by atoms with Crippen LogP contribution >= 0.6 is 11.8 Å². The SMILES string of the molecule is C#CCNS(=O)(=O)c1ccc(C(=O)/N=C(\CC2CCCCC2)C(=O)N2C[C@@H](n3nncc3C(C)(C)O)C[C@H]2C(=O)NC2(C(=O)C(N)=O)CCSCC2)cc1. The summed E-state index contributed by atoms with van der Waals surface area (Å²) in [7, 11) is -3.92. The Morgan fingerprint density at radius 3 is 2.39 bits per heavy atom. The smallest absolute Gasteiger partial charge is 0.287 e. The van der Waals surface area contributed by atoms with Crippen molar-refractivity contribution in [1.82, 2.24) is 29.9 Å². The Balaban J connectivity index is 1.51. The number of amides is 4. The second kappa shape index (κ2) is 16.9. The Labute approximate surface area is 318 Å². The lowest BCUT2D eigenvalue weighted by atomic mass is 9.85. The molecule has 4 amide bonds. The predicted molar refractivity (Wildman–Crippen MR) is 199 cm³/mol. The molecule has 0 bridgehead atoms. The summed E-state index contributed by atoms with van der Waals surface area (Å²) in [4.78, 5) is 73.5. The van der Waals surface area contributed by atoms with E-state index in [1.165, 1.54) is 40.0 Å². The van der Waals surface area contributed by atoms with E-state index in [4.69, 9.17) is 12.2 Å². The second-order valence-corrected chi connectivity index (χ2v) is 17.5. The average molecular weight is 783 g/mol. The van der Waals surface area contributed by atoms with Gasteiger partial charge in [0.25, 0.3) is 17.7 Å². The van der Waals surface area contributed by atoms with Crippen LogP contribution in [0, 0.1) is 18.3 Å². The Morgan fingerprint density at radius 1 is 1.11 bits per heavy atom. The summed E-state index contributed by atoms with van der Waals surface area (Å²) in [5.41, 5.74) is 2.82. The topological polar surface area (TPSA) is 236 Å². The van der Waals surface area contributed by atoms with E-state index in [1.54, 1.807) is 25.6 Å². The molecule has 3 aliphatic rings. The number of aliphatic hydroxyl groups is 1. The largest absolute Gasteiger partial charge is 0.384 e. The second-order valence-electron chi connectivity index (χ2n) is 14.5. The van der Waals surface area contributed by atoms with Crippen molar-refractivity contribution < 1.29 is 37.5 Å². The van der Waals surface area contributed by atoms with Crippen molar-refractivity contribution in [1.29, 1.82) is 0 Å². The number of ketones is 1. The standard InChI is InChI=1S/C36H46N8O8S2/c1-4-16-39-54(51,52)26-12-10-24(11-13-26)32(47)40-27(19-23-8-6-5-7-9-23)34(49)43-22-25(44-29(21-38-42-44)35(2,3)50)20-28(43)33(48)41-36(30(45)31(37)46)14-17-53-18-15-36/h1,10-13,21,23,25,28,39,50H,5-9,14-20,22H2,2-3H3,(H2,37,46)(H,41,48)/b40-27+/t25-,28-/m0/s1. The van der Waals surface area contributed by atoms with E-state index < -0.39 is 62.7 Å². The van der Waals surface area contributed by atoms with E-state index in [2.05, 4.69) is 31.3 Å². The number of hydrogen-bond acceptors (Lipinski definition) is 11. The molecule has 18 heteroatoms. The highest BCUT2D eigenvalue weighted by atomic mass is 32.2. The number of nitrogens with zero attached hydrogens (tertiary/aromatic N) is 5. The number of carbonyl (C=O) groups is 5. The summed E-state index contributed by atoms with van der Waals surface area (Å²) in [5.74, 6) is -0.991. The molecule has 5 rings (SSSR count). The van der Waals surface area contributed by atoms with E-state index in [0.29, 0.717) is 17.2 Å². The molecule has 0 spiro atoms. The third-order valence-electron chi connectivity index (χ3n) is 10.2. The number of Topliss-reactive ketones (excluding diaryl/α,β-unsaturated/α-hetero) is 1. The lowest BCUT2D eigenvalue weighted by Gasteiger charge is -2.37. The van der Waals surface area contributed by atoms with Crippen molar-refractivity contribution in [3.05, 3.63) is 41.7 Å². The summed E-state index contributed by atoms with van der Waals surface area (Å²) in [5, 5.41) is 21.8. The van der Waals surface area contributed by atoms with Crippen molar-refractivity contribution in [3.8, 4) is 12.3 Å². The number of primary amides is 1. The van der Waals surface area contributed by atoms with Gasteiger partial charge in [-0.05, 0) is 74.8 Å². The van der Waals surface area contributed by atoms with Gasteiger partial charge in [0.1, 0.15) is 22.9 Å². The fraction of sp³-hybridized carbons (Fsp3) is 0.556. The highest BCUT2D eigenvalue weighted by Crippen LogP contribution is 2.35. The third kappa shape index (κ3) is 9.25. The van der Waals surface area contributed by atoms with Crippen molar-refractivity contribution >= 4 is 56.9 Å². The molecule has 54 heavy (non-hydrogen) atoms. The predicted octanol–water partition coefficient (Wildman–Crippen LogP) is 1.25. The molecule has 0 unspecified atom stereocenters. The number of benzene rings is 1. The van der Waals surface area contributed by atoms with Crippen LogP contribution in [0.5, 0.6) is 0 Å². The van der Waals surface area contributed by atoms with Crippen LogP contribution < -0.4 is 15.8 Å². The zero-order valence-corrected chi connectivity index (χ0v) is 32.0. The summed E-state index contributed by atoms with van der Waals surface area (Å²) in [6.07, 6.45) is 11.6. The van der Waals surface area contributed by atoms with Crippen LogP contribution in [0.4, 0.5) is 0 Å². The molecule has 16 nitrogen and oxygen atoms in total. The van der Waals surface area contributed by atoms with Gasteiger partial charge in [-0.2, -0.15) is 16.5 Å². The van der Waals surface area contributed by atoms with Crippen LogP contribution in [-0.4, -0.2) is 105 Å². The molecular formula is C36H46N8O8S2. The van der Waals surface area contributed by atoms with E-state index in [-0.39, 0.29) is 60.9 Å². The number of carbonyl (C=O) groups excluding carboxylic acids is 5. The molecule has 1 aliphatic carbocycles. The normalized spacial score (nSPS) is 20.9. The summed E-state index contributed by atoms with van der Waals surface area (Å²) >= 11 is 1.57. The minimum absolute atomic E-state index is 0.00785. The first-order valence-corrected chi connectivity index (χ1v) is 20.5. The van der Waals surface area contributed by atoms with Gasteiger partial charge in [-0.25, -0.2) is 18.1 Å². The van der Waals surface area contributed by atoms with Gasteiger partial charge in [-0.15, -0.1) is 11.5 Å². The molecule has 2 saturated heterocycles. The maximum Gasteiger partial charge on any atom is 0.287 e. The first-order valence-electron chi connectivity index (χ1n) is 17.9. The quantitative estimate of drug-likeness (QED) is 0.128. The number of nitrogens with two attached hydrogens (primary N) is 1. The van der Waals surface area contributed by atoms with Crippen molar-refractivity contribution in [2.75, 3.05) is 24.6 Å². The molecule has 3 fully saturated rings. The molecule has 1 aromatic carbocycles. The number of aliphatic imine (C=N–C) groups is 1. The summed E-state index contributed by atoms with van der Waals surface area (Å²) < 4.78 is 28.8. The van der Waals surface area contributed by atoms with Crippen LogP contribution in [0.25, 0.3) is 0 Å². The molecular weight excluding hydrogens is 737 g/mol. The molecule has 290 valence electrons. The summed E-state index contributed by atoms with van der Waals surface area (Å²) in [6, 6.07) is 3.22. The highest BCUT2D eigenvalue weighted by Gasteiger charge is 2.49. The molecule has 2 aromatic rings. The molecule has 5 N–H and O–H groups in total. The maximum absolute atomic E-state index is 14.7. The lowest BCUT2D eigenvalue weighted by molar-refractivity contribution is -0.143. The number of thioether (sulfide) groups is 1. The Hall–Kier alpha value is -4.44. The third-order valence-corrected chi connectivity index (χ3v) is 12.6. The average Bonchev–Trinajstić information content (AvgIpc) is 3.83. The molecule has 3 heterocycles. The minimum Gasteiger partial charge on any atom is -0.384 e. The first-order chi connectivity index (χ1) is 25.6. The maximum atomic E-state index is 14.7. The molecule has 2 aliphatic heterocycles. The van der Waals surface area contributed by atoms with Crippen LogP contribution in [0.2, 0.25) is 0 Å². The molecule has 0 radical (unpaired) electrons. The minimum atomic E-state index is -3.92. The van der Waals surface area contributed by atoms with E-state index in [0.717, 1.165) is 32.1 Å². The Bertz CT molecular complexity index is 1940. The zero-order chi connectivity index (χ0) is 39.3. The number of rotatable bonds is 13. The number of sulfonamides is 1. The van der Waals surface area contributed by atoms with Gasteiger partial charge in [-0.3, -0.25) is 24.0 Å². The van der Waals surface area contributed by atoms with E-state index in [1.807, 2.05) is 0 Å². The van der Waals surface area contributed by atoms with Gasteiger partial charge in [0, 0.05) is 18.5 Å². The number of hydrogen-bond donors (Lipinski definition) is 4. The fourth-order valence-corrected chi connectivity index (χ4v) is 9.42. The zero-order valence-electron chi connectivity index (χ0n) is 30.3. The molecule has 1 aromatic heterocycles. The van der Waals surface area contributed by atoms with Gasteiger partial charge in [0.15, 0.2) is 0 Å². The van der Waals surface area contributed by atoms with E-state index in [9.17, 15) is 37.5 Å². The number of aromatic nitrogens is 3. The van der Waals surface area contributed by atoms with Gasteiger partial charge in [-0.1, -0.05) is 43.2 Å². The summed E-state index contributed by atoms with van der Waals surface area (Å²) in [6.45, 7) is 2.82. The van der Waals surface area contributed by atoms with Gasteiger partial charge in [0.05, 0.1) is 29.4 Å². The van der Waals surface area contributed by atoms with Crippen LogP contribution in [0.15, 0.2) is 40.4 Å². The van der Waals surface area contributed by atoms with Crippen molar-refractivity contribution in [2.24, 2.45) is 16.6 Å². The van der Waals surface area contributed by atoms with Crippen LogP contribution in [0.1, 0.15) is 93.7 Å². The lowest BCUT2D eigenvalue weighted by Crippen LogP contribution is -2.63. The number of terminal acetylenes is 1. The fourth-order valence-electron chi connectivity index (χ4n) is 7.29.